The number of nitrogens with one attached hydrogen (secondary N) is 3. The van der Waals surface area contributed by atoms with Crippen molar-refractivity contribution in [3.8, 4) is 17.0 Å². The lowest BCUT2D eigenvalue weighted by molar-refractivity contribution is -0.137. The van der Waals surface area contributed by atoms with Crippen LogP contribution in [0.5, 0.6) is 5.75 Å². The molecule has 2 heterocycles. The first-order valence-electron chi connectivity index (χ1n) is 13.5. The van der Waals surface area contributed by atoms with E-state index in [4.69, 9.17) is 9.47 Å². The second kappa shape index (κ2) is 11.6. The van der Waals surface area contributed by atoms with Gasteiger partial charge in [0, 0.05) is 30.8 Å². The lowest BCUT2D eigenvalue weighted by Crippen LogP contribution is -2.50. The molecule has 2 saturated carbocycles. The fraction of sp³-hybridized carbons (Fsp3) is 0.500. The highest BCUT2D eigenvalue weighted by Gasteiger charge is 2.34. The number of fused-ring (bicyclic) bond motifs is 1. The molecule has 0 bridgehead atoms. The molecule has 2 aliphatic carbocycles. The summed E-state index contributed by atoms with van der Waals surface area (Å²) >= 11 is 0. The zero-order valence-electron chi connectivity index (χ0n) is 22.6. The summed E-state index contributed by atoms with van der Waals surface area (Å²) in [5.74, 6) is -0.271. The van der Waals surface area contributed by atoms with Crippen LogP contribution in [-0.4, -0.2) is 65.3 Å². The summed E-state index contributed by atoms with van der Waals surface area (Å²) in [6, 6.07) is 2.10. The first kappa shape index (κ1) is 28.8. The van der Waals surface area contributed by atoms with Gasteiger partial charge in [0.2, 0.25) is 5.91 Å². The van der Waals surface area contributed by atoms with E-state index >= 15 is 0 Å². The molecule has 3 N–H and O–H groups in total. The summed E-state index contributed by atoms with van der Waals surface area (Å²) in [5.41, 5.74) is 0.604. The van der Waals surface area contributed by atoms with Crippen LogP contribution in [0.3, 0.4) is 0 Å². The number of carbonyl (C=O) groups is 2. The smallest absolute Gasteiger partial charge is 0.416 e. The Hall–Kier alpha value is -3.74. The molecule has 2 aromatic heterocycles. The zero-order chi connectivity index (χ0) is 29.3. The molecule has 0 saturated heterocycles. The van der Waals surface area contributed by atoms with Crippen molar-refractivity contribution >= 4 is 22.8 Å². The Morgan fingerprint density at radius 1 is 1.12 bits per heavy atom. The maximum Gasteiger partial charge on any atom is 0.416 e. The highest BCUT2D eigenvalue weighted by Crippen LogP contribution is 2.40. The van der Waals surface area contributed by atoms with E-state index < -0.39 is 41.8 Å². The summed E-state index contributed by atoms with van der Waals surface area (Å²) in [6.07, 6.45) is -1.94. The second-order valence-electron chi connectivity index (χ2n) is 10.6. The fourth-order valence-corrected chi connectivity index (χ4v) is 5.16. The van der Waals surface area contributed by atoms with Gasteiger partial charge in [-0.15, -0.1) is 0 Å². The van der Waals surface area contributed by atoms with Crippen molar-refractivity contribution in [2.75, 3.05) is 20.3 Å². The molecule has 0 radical (unpaired) electrons. The van der Waals surface area contributed by atoms with E-state index in [9.17, 15) is 27.2 Å². The largest absolute Gasteiger partial charge is 0.493 e. The van der Waals surface area contributed by atoms with Crippen molar-refractivity contribution in [2.24, 2.45) is 5.92 Å². The summed E-state index contributed by atoms with van der Waals surface area (Å²) in [4.78, 5) is 36.7. The molecule has 3 aromatic rings. The predicted octanol–water partition coefficient (Wildman–Crippen LogP) is 4.49. The number of amides is 2. The number of carbonyl (C=O) groups excluding carboxylic acids is 2. The number of halogens is 4. The normalized spacial score (nSPS) is 21.1. The number of benzene rings is 1. The van der Waals surface area contributed by atoms with Gasteiger partial charge >= 0.3 is 6.18 Å². The molecule has 0 aliphatic heterocycles. The molecule has 9 nitrogen and oxygen atoms in total. The Morgan fingerprint density at radius 2 is 1.90 bits per heavy atom. The van der Waals surface area contributed by atoms with Crippen LogP contribution in [0.2, 0.25) is 0 Å². The average molecular weight is 578 g/mol. The van der Waals surface area contributed by atoms with Gasteiger partial charge in [-0.25, -0.2) is 14.4 Å². The van der Waals surface area contributed by atoms with E-state index in [1.807, 2.05) is 0 Å². The van der Waals surface area contributed by atoms with E-state index in [0.29, 0.717) is 36.6 Å². The third-order valence-corrected chi connectivity index (χ3v) is 7.46. The lowest BCUT2D eigenvalue weighted by atomic mass is 9.89. The van der Waals surface area contributed by atoms with Crippen LogP contribution < -0.4 is 15.4 Å². The van der Waals surface area contributed by atoms with Crippen molar-refractivity contribution in [3.63, 3.8) is 0 Å². The van der Waals surface area contributed by atoms with Crippen LogP contribution in [0, 0.1) is 12.8 Å². The number of aryl methyl sites for hydroxylation is 1. The molecular weight excluding hydrogens is 546 g/mol. The first-order valence-corrected chi connectivity index (χ1v) is 13.5. The van der Waals surface area contributed by atoms with Gasteiger partial charge in [0.15, 0.2) is 0 Å². The minimum atomic E-state index is -4.58. The van der Waals surface area contributed by atoms with Gasteiger partial charge in [-0.05, 0) is 56.7 Å². The molecule has 2 fully saturated rings. The first-order chi connectivity index (χ1) is 19.5. The molecule has 0 unspecified atom stereocenters. The van der Waals surface area contributed by atoms with Gasteiger partial charge < -0.3 is 25.1 Å². The van der Waals surface area contributed by atoms with Gasteiger partial charge in [0.1, 0.15) is 36.1 Å². The minimum Gasteiger partial charge on any atom is -0.493 e. The molecule has 3 atom stereocenters. The van der Waals surface area contributed by atoms with Crippen LogP contribution >= 0.6 is 0 Å². The van der Waals surface area contributed by atoms with Crippen molar-refractivity contribution in [1.29, 1.82) is 0 Å². The number of aromatic amines is 1. The van der Waals surface area contributed by atoms with E-state index in [2.05, 4.69) is 25.6 Å². The summed E-state index contributed by atoms with van der Waals surface area (Å²) in [7, 11) is 1.38. The highest BCUT2D eigenvalue weighted by molar-refractivity contribution is 6.09. The Labute approximate surface area is 233 Å². The number of aromatic nitrogens is 3. The quantitative estimate of drug-likeness (QED) is 0.323. The lowest BCUT2D eigenvalue weighted by Gasteiger charge is -2.32. The maximum atomic E-state index is 14.8. The number of nitrogens with zero attached hydrogens (tertiary/aromatic N) is 2. The van der Waals surface area contributed by atoms with Gasteiger partial charge in [-0.3, -0.25) is 9.59 Å². The summed E-state index contributed by atoms with van der Waals surface area (Å²) in [5, 5.41) is 5.46. The standard InChI is InChI=1S/C28H31F4N5O4/c1-14-23(27(39)36-17-6-7-20(19(29)10-17)37-22(38)12-40-2)25-26(35-14)24(33-13-34-25)18-9-16(28(30,31)32)5-8-21(18)41-11-15-3-4-15/h5,8-9,13,15,17,19-20,35H,3-4,6-7,10-12H2,1-2H3,(H,36,39)(H,37,38)/t17-,19+,20+/m0/s1. The van der Waals surface area contributed by atoms with Crippen LogP contribution in [0.4, 0.5) is 17.6 Å². The van der Waals surface area contributed by atoms with Crippen molar-refractivity contribution in [3.05, 3.63) is 41.3 Å². The molecule has 220 valence electrons. The molecular formula is C28H31F4N5O4. The summed E-state index contributed by atoms with van der Waals surface area (Å²) in [6.45, 7) is 1.87. The van der Waals surface area contributed by atoms with E-state index in [1.165, 1.54) is 19.5 Å². The fourth-order valence-electron chi connectivity index (χ4n) is 5.16. The van der Waals surface area contributed by atoms with Crippen molar-refractivity contribution in [1.82, 2.24) is 25.6 Å². The van der Waals surface area contributed by atoms with Gasteiger partial charge in [-0.1, -0.05) is 0 Å². The molecule has 5 rings (SSSR count). The Bertz CT molecular complexity index is 1440. The van der Waals surface area contributed by atoms with Crippen LogP contribution in [0.15, 0.2) is 24.5 Å². The minimum absolute atomic E-state index is 0.0111. The Morgan fingerprint density at radius 3 is 2.59 bits per heavy atom. The summed E-state index contributed by atoms with van der Waals surface area (Å²) < 4.78 is 66.3. The third kappa shape index (κ3) is 6.45. The predicted molar refractivity (Wildman–Crippen MR) is 141 cm³/mol. The Balaban J connectivity index is 1.40. The van der Waals surface area contributed by atoms with Gasteiger partial charge in [0.25, 0.3) is 5.91 Å². The SMILES string of the molecule is COCC(=O)N[C@@H]1CC[C@H](NC(=O)c2c(C)[nH]c3c(-c4cc(C(F)(F)F)ccc4OCC4CC4)ncnc23)C[C@H]1F. The maximum absolute atomic E-state index is 14.8. The number of ether oxygens (including phenoxy) is 2. The average Bonchev–Trinajstić information content (AvgIpc) is 3.68. The monoisotopic (exact) mass is 577 g/mol. The Kier molecular flexibility index (Phi) is 8.16. The van der Waals surface area contributed by atoms with Crippen LogP contribution in [-0.2, 0) is 15.7 Å². The highest BCUT2D eigenvalue weighted by atomic mass is 19.4. The third-order valence-electron chi connectivity index (χ3n) is 7.46. The topological polar surface area (TPSA) is 118 Å². The molecule has 41 heavy (non-hydrogen) atoms. The number of rotatable bonds is 9. The van der Waals surface area contributed by atoms with Crippen LogP contribution in [0.1, 0.15) is 53.7 Å². The number of alkyl halides is 4. The van der Waals surface area contributed by atoms with Gasteiger partial charge in [-0.2, -0.15) is 13.2 Å². The second-order valence-corrected chi connectivity index (χ2v) is 10.6. The van der Waals surface area contributed by atoms with Crippen molar-refractivity contribution in [2.45, 2.75) is 63.5 Å². The van der Waals surface area contributed by atoms with Crippen molar-refractivity contribution < 1.29 is 36.6 Å². The van der Waals surface area contributed by atoms with Crippen LogP contribution in [0.25, 0.3) is 22.3 Å². The number of methoxy groups -OCH3 is 1. The number of hydrogen-bond donors (Lipinski definition) is 3. The zero-order valence-corrected chi connectivity index (χ0v) is 22.6. The molecule has 0 spiro atoms. The molecule has 13 heteroatoms. The molecule has 2 amide bonds. The van der Waals surface area contributed by atoms with E-state index in [1.54, 1.807) is 6.92 Å². The molecule has 1 aromatic carbocycles. The molecule has 2 aliphatic rings. The van der Waals surface area contributed by atoms with Gasteiger partial charge in [0.05, 0.1) is 29.3 Å². The van der Waals surface area contributed by atoms with E-state index in [-0.39, 0.29) is 41.1 Å². The number of H-pyrrole nitrogens is 1. The number of hydrogen-bond acceptors (Lipinski definition) is 6. The van der Waals surface area contributed by atoms with E-state index in [0.717, 1.165) is 25.0 Å².